The maximum Gasteiger partial charge on any atom is 0.338 e. The molecule has 20 nitrogen and oxygen atoms in total. The summed E-state index contributed by atoms with van der Waals surface area (Å²) in [6.07, 6.45) is -1.10. The fraction of sp³-hybridized carbons (Fsp3) is 0.300. The lowest BCUT2D eigenvalue weighted by atomic mass is 9.84. The first kappa shape index (κ1) is 95.7. The van der Waals surface area contributed by atoms with E-state index in [1.165, 1.54) is 0 Å². The quantitative estimate of drug-likeness (QED) is 0.0299. The first-order valence-corrected chi connectivity index (χ1v) is 40.0. The molecular weight excluding hydrogens is 1520 g/mol. The first-order chi connectivity index (χ1) is 57.3. The van der Waals surface area contributed by atoms with Gasteiger partial charge in [0.1, 0.15) is 59.0 Å². The lowest BCUT2D eigenvalue weighted by Gasteiger charge is -2.42. The molecule has 0 aliphatic carbocycles. The number of esters is 10. The van der Waals surface area contributed by atoms with E-state index in [1.54, 1.807) is 305 Å². The second-order valence-electron chi connectivity index (χ2n) is 29.6. The minimum Gasteiger partial charge on any atom is -0.455 e. The van der Waals surface area contributed by atoms with Gasteiger partial charge in [0.05, 0.1) is 55.6 Å². The molecular formula is C100H110O20. The summed E-state index contributed by atoms with van der Waals surface area (Å²) < 4.78 is 55.7. The van der Waals surface area contributed by atoms with Crippen LogP contribution in [0.3, 0.4) is 0 Å². The van der Waals surface area contributed by atoms with E-state index in [9.17, 15) is 47.9 Å². The number of ether oxygens (including phenoxy) is 10. The van der Waals surface area contributed by atoms with Gasteiger partial charge < -0.3 is 47.4 Å². The Hall–Kier alpha value is -13.1. The third kappa shape index (κ3) is 30.1. The van der Waals surface area contributed by atoms with E-state index >= 15 is 0 Å². The van der Waals surface area contributed by atoms with Crippen molar-refractivity contribution in [3.05, 3.63) is 359 Å². The van der Waals surface area contributed by atoms with Gasteiger partial charge in [-0.05, 0) is 215 Å². The van der Waals surface area contributed by atoms with E-state index in [0.29, 0.717) is 81.3 Å². The minimum atomic E-state index is -1.00. The molecule has 10 aromatic rings. The highest BCUT2D eigenvalue weighted by molar-refractivity contribution is 5.94. The van der Waals surface area contributed by atoms with Crippen LogP contribution in [0.2, 0.25) is 0 Å². The standard InChI is InChI=1S/C21H24O4.3C20H22O4.C19H20O4/c1-5-21(4,25-19(23)17-14-10-7-11-15-17)20(2,3)24-18(22)16-12-8-6-9-13-16;1-14(2)18(24-20(22)17-12-8-5-9-13-17)15(3)23-19(21)16-10-6-4-7-11-16;1-4-17(23-18(21)15-11-7-5-8-12-15)20(2,3)24-19(22)16-13-9-6-10-14-16;1-4-20(3,24-19(22)17-13-9-6-10-14-17)15(2)23-18(21)16-11-7-5-8-12-16;1-3-17(23-19(21)16-12-8-5-9-13-16)14(2)22-18(20)15-10-6-4-7-11-15/h6-15H,5H2,1-4H3;4-15,18H,1-3H3;5-14,17H,4H2,1-3H3;5-15H,4H2,1-3H3;4-14,17H,3H2,1-2H3. The summed E-state index contributed by atoms with van der Waals surface area (Å²) in [5, 5.41) is 0. The van der Waals surface area contributed by atoms with E-state index in [1.807, 2.05) is 102 Å². The van der Waals surface area contributed by atoms with Gasteiger partial charge in [-0.15, -0.1) is 0 Å². The largest absolute Gasteiger partial charge is 0.455 e. The predicted molar refractivity (Wildman–Crippen MR) is 459 cm³/mol. The number of carbonyl (C=O) groups excluding carboxylic acids is 10. The molecule has 0 amide bonds. The molecule has 10 rings (SSSR count). The Bertz CT molecular complexity index is 4750. The fourth-order valence-corrected chi connectivity index (χ4v) is 11.7. The van der Waals surface area contributed by atoms with Crippen molar-refractivity contribution >= 4 is 59.7 Å². The second-order valence-corrected chi connectivity index (χ2v) is 29.6. The summed E-state index contributed by atoms with van der Waals surface area (Å²) in [5.41, 5.74) is 0.900. The Morgan fingerprint density at radius 3 is 0.792 bits per heavy atom. The Balaban J connectivity index is 0.000000233. The lowest BCUT2D eigenvalue weighted by molar-refractivity contribution is -0.135. The summed E-state index contributed by atoms with van der Waals surface area (Å²) in [4.78, 5) is 123. The van der Waals surface area contributed by atoms with Crippen molar-refractivity contribution in [2.45, 2.75) is 189 Å². The van der Waals surface area contributed by atoms with Crippen molar-refractivity contribution in [1.82, 2.24) is 0 Å². The fourth-order valence-electron chi connectivity index (χ4n) is 11.7. The maximum atomic E-state index is 12.5. The zero-order valence-electron chi connectivity index (χ0n) is 70.9. The van der Waals surface area contributed by atoms with Gasteiger partial charge in [-0.2, -0.15) is 0 Å². The monoisotopic (exact) mass is 1630 g/mol. The van der Waals surface area contributed by atoms with E-state index in [-0.39, 0.29) is 5.92 Å². The van der Waals surface area contributed by atoms with Crippen LogP contribution >= 0.6 is 0 Å². The van der Waals surface area contributed by atoms with Crippen LogP contribution in [0.4, 0.5) is 0 Å². The molecule has 120 heavy (non-hydrogen) atoms. The van der Waals surface area contributed by atoms with Crippen molar-refractivity contribution in [3.8, 4) is 0 Å². The normalized spacial score (nSPS) is 13.3. The molecule has 0 aliphatic rings. The topological polar surface area (TPSA) is 263 Å². The molecule has 0 radical (unpaired) electrons. The van der Waals surface area contributed by atoms with E-state index in [2.05, 4.69) is 0 Å². The summed E-state index contributed by atoms with van der Waals surface area (Å²) in [5.74, 6) is -4.28. The third-order valence-corrected chi connectivity index (χ3v) is 19.8. The summed E-state index contributed by atoms with van der Waals surface area (Å²) in [7, 11) is 0. The van der Waals surface area contributed by atoms with Gasteiger partial charge in [-0.1, -0.05) is 224 Å². The molecule has 0 aliphatic heterocycles. The highest BCUT2D eigenvalue weighted by Crippen LogP contribution is 2.35. The highest BCUT2D eigenvalue weighted by Gasteiger charge is 2.47. The SMILES string of the molecule is CC(C)C(OC(=O)c1ccccc1)C(C)OC(=O)c1ccccc1.CCC(C)(OC(=O)c1ccccc1)C(C)(C)OC(=O)c1ccccc1.CCC(C)(OC(=O)c1ccccc1)C(C)OC(=O)c1ccccc1.CCC(OC(=O)c1ccccc1)C(C)(C)OC(=O)c1ccccc1.CCC(OC(=O)c1ccccc1)C(C)OC(=O)c1ccccc1. The molecule has 0 saturated carbocycles. The van der Waals surface area contributed by atoms with Crippen molar-refractivity contribution in [3.63, 3.8) is 0 Å². The molecule has 0 aromatic heterocycles. The number of benzene rings is 10. The molecule has 0 N–H and O–H groups in total. The van der Waals surface area contributed by atoms with Gasteiger partial charge in [0.25, 0.3) is 0 Å². The first-order valence-electron chi connectivity index (χ1n) is 40.0. The van der Waals surface area contributed by atoms with Gasteiger partial charge in [0.2, 0.25) is 0 Å². The zero-order valence-corrected chi connectivity index (χ0v) is 70.9. The molecule has 0 saturated heterocycles. The third-order valence-electron chi connectivity index (χ3n) is 19.8. The zero-order chi connectivity index (χ0) is 87.8. The van der Waals surface area contributed by atoms with Crippen LogP contribution in [0.25, 0.3) is 0 Å². The molecule has 0 heterocycles. The molecule has 8 atom stereocenters. The highest BCUT2D eigenvalue weighted by atomic mass is 16.6. The van der Waals surface area contributed by atoms with Crippen molar-refractivity contribution in [1.29, 1.82) is 0 Å². The molecule has 0 bridgehead atoms. The smallest absolute Gasteiger partial charge is 0.338 e. The summed E-state index contributed by atoms with van der Waals surface area (Å²) in [6, 6.07) is 87.7. The number of hydrogen-bond acceptors (Lipinski definition) is 20. The molecule has 0 fully saturated rings. The van der Waals surface area contributed by atoms with Crippen LogP contribution in [0.5, 0.6) is 0 Å². The summed E-state index contributed by atoms with van der Waals surface area (Å²) in [6.45, 7) is 27.2. The molecule has 8 unspecified atom stereocenters. The van der Waals surface area contributed by atoms with E-state index in [4.69, 9.17) is 47.4 Å². The second kappa shape index (κ2) is 47.9. The number of rotatable bonds is 30. The van der Waals surface area contributed by atoms with E-state index in [0.717, 1.165) is 0 Å². The van der Waals surface area contributed by atoms with Crippen molar-refractivity contribution < 1.29 is 95.3 Å². The van der Waals surface area contributed by atoms with Gasteiger partial charge in [0, 0.05) is 0 Å². The van der Waals surface area contributed by atoms with Gasteiger partial charge in [-0.3, -0.25) is 0 Å². The van der Waals surface area contributed by atoms with Crippen LogP contribution in [0.1, 0.15) is 233 Å². The molecule has 10 aromatic carbocycles. The van der Waals surface area contributed by atoms with Crippen LogP contribution in [0, 0.1) is 5.92 Å². The minimum absolute atomic E-state index is 0.0104. The Labute approximate surface area is 704 Å². The number of carbonyl (C=O) groups is 10. The van der Waals surface area contributed by atoms with Gasteiger partial charge in [-0.25, -0.2) is 47.9 Å². The molecule has 630 valence electrons. The van der Waals surface area contributed by atoms with Crippen LogP contribution < -0.4 is 0 Å². The summed E-state index contributed by atoms with van der Waals surface area (Å²) >= 11 is 0. The Kier molecular flexibility index (Phi) is 38.3. The average molecular weight is 1630 g/mol. The van der Waals surface area contributed by atoms with Gasteiger partial charge >= 0.3 is 59.7 Å². The Morgan fingerprint density at radius 1 is 0.258 bits per heavy atom. The maximum absolute atomic E-state index is 12.5. The Morgan fingerprint density at radius 2 is 0.508 bits per heavy atom. The van der Waals surface area contributed by atoms with Crippen LogP contribution in [-0.4, -0.2) is 119 Å². The lowest BCUT2D eigenvalue weighted by Crippen LogP contribution is -2.53. The molecule has 20 heteroatoms. The number of hydrogen-bond donors (Lipinski definition) is 0. The van der Waals surface area contributed by atoms with Gasteiger partial charge in [0.15, 0.2) is 0 Å². The predicted octanol–water partition coefficient (Wildman–Crippen LogP) is 21.1. The molecule has 0 spiro atoms. The van der Waals surface area contributed by atoms with E-state index < -0.39 is 119 Å². The van der Waals surface area contributed by atoms with Crippen molar-refractivity contribution in [2.24, 2.45) is 5.92 Å². The average Bonchev–Trinajstić information content (AvgIpc) is 0.789. The van der Waals surface area contributed by atoms with Crippen molar-refractivity contribution in [2.75, 3.05) is 0 Å². The van der Waals surface area contributed by atoms with Crippen LogP contribution in [0.15, 0.2) is 303 Å². The van der Waals surface area contributed by atoms with Crippen LogP contribution in [-0.2, 0) is 47.4 Å².